The summed E-state index contributed by atoms with van der Waals surface area (Å²) in [6.45, 7) is 7.64. The fourth-order valence-corrected chi connectivity index (χ4v) is 2.07. The number of carbonyl (C=O) groups excluding carboxylic acids is 1. The minimum absolute atomic E-state index is 0.0906. The van der Waals surface area contributed by atoms with Gasteiger partial charge in [0.2, 0.25) is 0 Å². The molecule has 1 heterocycles. The monoisotopic (exact) mass is 256 g/mol. The molecule has 0 fully saturated rings. The predicted molar refractivity (Wildman–Crippen MR) is 69.2 cm³/mol. The highest BCUT2D eigenvalue weighted by molar-refractivity contribution is 7.09. The zero-order valence-corrected chi connectivity index (χ0v) is 11.5. The maximum Gasteiger partial charge on any atom is 0.309 e. The van der Waals surface area contributed by atoms with E-state index < -0.39 is 0 Å². The molecule has 1 atom stereocenters. The summed E-state index contributed by atoms with van der Waals surface area (Å²) in [6, 6.07) is 0. The lowest BCUT2D eigenvalue weighted by atomic mass is 10.2. The average molecular weight is 256 g/mol. The third-order valence-corrected chi connectivity index (χ3v) is 3.19. The number of hydrogen-bond acceptors (Lipinski definition) is 5. The Morgan fingerprint density at radius 2 is 2.41 bits per heavy atom. The van der Waals surface area contributed by atoms with Crippen LogP contribution in [0.3, 0.4) is 0 Å². The molecule has 0 saturated carbocycles. The number of esters is 1. The van der Waals surface area contributed by atoms with Gasteiger partial charge in [-0.25, -0.2) is 4.98 Å². The summed E-state index contributed by atoms with van der Waals surface area (Å²) in [7, 11) is 0. The number of aryl methyl sites for hydroxylation is 1. The molecule has 5 heteroatoms. The van der Waals surface area contributed by atoms with Crippen molar-refractivity contribution >= 4 is 17.3 Å². The Bertz CT molecular complexity index is 352. The lowest BCUT2D eigenvalue weighted by molar-refractivity contribution is -0.147. The summed E-state index contributed by atoms with van der Waals surface area (Å²) >= 11 is 1.67. The molecule has 0 amide bonds. The minimum Gasteiger partial charge on any atom is -0.466 e. The molecule has 1 aromatic heterocycles. The smallest absolute Gasteiger partial charge is 0.309 e. The van der Waals surface area contributed by atoms with Gasteiger partial charge < -0.3 is 10.1 Å². The zero-order chi connectivity index (χ0) is 12.7. The maximum atomic E-state index is 11.3. The Hall–Kier alpha value is -0.940. The number of rotatable bonds is 7. The van der Waals surface area contributed by atoms with E-state index in [1.165, 1.54) is 0 Å². The van der Waals surface area contributed by atoms with Crippen molar-refractivity contribution in [3.63, 3.8) is 0 Å². The lowest BCUT2D eigenvalue weighted by Gasteiger charge is -2.10. The topological polar surface area (TPSA) is 51.2 Å². The van der Waals surface area contributed by atoms with Crippen molar-refractivity contribution in [2.45, 2.75) is 27.2 Å². The Labute approximate surface area is 106 Å². The summed E-state index contributed by atoms with van der Waals surface area (Å²) in [4.78, 5) is 15.7. The molecule has 1 aromatic rings. The lowest BCUT2D eigenvalue weighted by Crippen LogP contribution is -2.29. The molecule has 0 radical (unpaired) electrons. The van der Waals surface area contributed by atoms with E-state index in [1.807, 2.05) is 20.8 Å². The number of thiazole rings is 1. The molecule has 0 saturated heterocycles. The molecule has 0 aliphatic heterocycles. The van der Waals surface area contributed by atoms with E-state index in [9.17, 15) is 4.79 Å². The summed E-state index contributed by atoms with van der Waals surface area (Å²) < 4.78 is 4.93. The van der Waals surface area contributed by atoms with Crippen LogP contribution in [0.25, 0.3) is 0 Å². The van der Waals surface area contributed by atoms with E-state index >= 15 is 0 Å². The predicted octanol–water partition coefficient (Wildman–Crippen LogP) is 1.78. The van der Waals surface area contributed by atoms with Crippen molar-refractivity contribution in [3.05, 3.63) is 16.1 Å². The quantitative estimate of drug-likeness (QED) is 0.597. The molecule has 96 valence electrons. The van der Waals surface area contributed by atoms with Gasteiger partial charge in [-0.2, -0.15) is 0 Å². The second-order valence-electron chi connectivity index (χ2n) is 3.97. The van der Waals surface area contributed by atoms with Crippen LogP contribution in [0.2, 0.25) is 0 Å². The van der Waals surface area contributed by atoms with Crippen molar-refractivity contribution < 1.29 is 9.53 Å². The van der Waals surface area contributed by atoms with Gasteiger partial charge in [-0.15, -0.1) is 11.3 Å². The normalized spacial score (nSPS) is 12.4. The zero-order valence-electron chi connectivity index (χ0n) is 10.7. The van der Waals surface area contributed by atoms with Crippen LogP contribution in [-0.4, -0.2) is 30.6 Å². The Morgan fingerprint density at radius 1 is 1.65 bits per heavy atom. The van der Waals surface area contributed by atoms with Crippen LogP contribution in [0.15, 0.2) is 5.38 Å². The van der Waals surface area contributed by atoms with Crippen LogP contribution < -0.4 is 5.32 Å². The van der Waals surface area contributed by atoms with E-state index in [4.69, 9.17) is 4.74 Å². The molecular formula is C12H20N2O2S. The van der Waals surface area contributed by atoms with E-state index in [2.05, 4.69) is 15.7 Å². The minimum atomic E-state index is -0.135. The van der Waals surface area contributed by atoms with Gasteiger partial charge in [0.15, 0.2) is 0 Å². The standard InChI is InChI=1S/C12H20N2O2S/c1-4-16-12(15)9(2)7-13-6-5-11-8-17-10(3)14-11/h8-9,13H,4-7H2,1-3H3. The fraction of sp³-hybridized carbons (Fsp3) is 0.667. The second kappa shape index (κ2) is 7.40. The van der Waals surface area contributed by atoms with Crippen LogP contribution in [0.1, 0.15) is 24.5 Å². The third kappa shape index (κ3) is 5.28. The van der Waals surface area contributed by atoms with Crippen LogP contribution in [0.4, 0.5) is 0 Å². The van der Waals surface area contributed by atoms with Gasteiger partial charge in [-0.1, -0.05) is 6.92 Å². The van der Waals surface area contributed by atoms with Gasteiger partial charge >= 0.3 is 5.97 Å². The molecule has 0 aliphatic rings. The van der Waals surface area contributed by atoms with Crippen molar-refractivity contribution in [2.24, 2.45) is 5.92 Å². The number of ether oxygens (including phenoxy) is 1. The molecule has 0 aromatic carbocycles. The van der Waals surface area contributed by atoms with Crippen molar-refractivity contribution in [2.75, 3.05) is 19.7 Å². The van der Waals surface area contributed by atoms with Crippen LogP contribution in [0.5, 0.6) is 0 Å². The number of nitrogens with one attached hydrogen (secondary N) is 1. The molecular weight excluding hydrogens is 236 g/mol. The number of nitrogens with zero attached hydrogens (tertiary/aromatic N) is 1. The maximum absolute atomic E-state index is 11.3. The number of hydrogen-bond donors (Lipinski definition) is 1. The molecule has 17 heavy (non-hydrogen) atoms. The fourth-order valence-electron chi connectivity index (χ4n) is 1.43. The first-order chi connectivity index (χ1) is 8.13. The molecule has 4 nitrogen and oxygen atoms in total. The molecule has 0 spiro atoms. The highest BCUT2D eigenvalue weighted by atomic mass is 32.1. The van der Waals surface area contributed by atoms with E-state index in [0.717, 1.165) is 23.7 Å². The van der Waals surface area contributed by atoms with Gasteiger partial charge in [0.25, 0.3) is 0 Å². The summed E-state index contributed by atoms with van der Waals surface area (Å²) in [5.41, 5.74) is 1.11. The summed E-state index contributed by atoms with van der Waals surface area (Å²) in [5, 5.41) is 6.42. The van der Waals surface area contributed by atoms with Crippen molar-refractivity contribution in [1.29, 1.82) is 0 Å². The van der Waals surface area contributed by atoms with Crippen molar-refractivity contribution in [1.82, 2.24) is 10.3 Å². The molecule has 1 rings (SSSR count). The Kier molecular flexibility index (Phi) is 6.15. The van der Waals surface area contributed by atoms with E-state index in [1.54, 1.807) is 11.3 Å². The molecule has 1 unspecified atom stereocenters. The molecule has 0 bridgehead atoms. The van der Waals surface area contributed by atoms with Crippen LogP contribution >= 0.6 is 11.3 Å². The second-order valence-corrected chi connectivity index (χ2v) is 5.03. The number of carbonyl (C=O) groups is 1. The first kappa shape index (κ1) is 14.1. The first-order valence-corrected chi connectivity index (χ1v) is 6.79. The average Bonchev–Trinajstić information content (AvgIpc) is 2.70. The van der Waals surface area contributed by atoms with E-state index in [0.29, 0.717) is 13.2 Å². The van der Waals surface area contributed by atoms with Gasteiger partial charge in [-0.3, -0.25) is 4.79 Å². The molecule has 0 aliphatic carbocycles. The number of aromatic nitrogens is 1. The summed E-state index contributed by atoms with van der Waals surface area (Å²) in [5.74, 6) is -0.225. The highest BCUT2D eigenvalue weighted by Gasteiger charge is 2.12. The van der Waals surface area contributed by atoms with Gasteiger partial charge in [0.1, 0.15) is 0 Å². The summed E-state index contributed by atoms with van der Waals surface area (Å²) in [6.07, 6.45) is 0.903. The van der Waals surface area contributed by atoms with Gasteiger partial charge in [0, 0.05) is 24.9 Å². The highest BCUT2D eigenvalue weighted by Crippen LogP contribution is 2.07. The Balaban J connectivity index is 2.13. The first-order valence-electron chi connectivity index (χ1n) is 5.91. The SMILES string of the molecule is CCOC(=O)C(C)CNCCc1csc(C)n1. The van der Waals surface area contributed by atoms with Crippen molar-refractivity contribution in [3.8, 4) is 0 Å². The third-order valence-electron chi connectivity index (χ3n) is 2.36. The van der Waals surface area contributed by atoms with Crippen LogP contribution in [0, 0.1) is 12.8 Å². The Morgan fingerprint density at radius 3 is 3.00 bits per heavy atom. The van der Waals surface area contributed by atoms with Gasteiger partial charge in [0.05, 0.1) is 23.2 Å². The largest absolute Gasteiger partial charge is 0.466 e. The van der Waals surface area contributed by atoms with Crippen LogP contribution in [-0.2, 0) is 16.0 Å². The van der Waals surface area contributed by atoms with E-state index in [-0.39, 0.29) is 11.9 Å². The molecule has 1 N–H and O–H groups in total. The van der Waals surface area contributed by atoms with Gasteiger partial charge in [-0.05, 0) is 13.8 Å².